The lowest BCUT2D eigenvalue weighted by Crippen LogP contribution is -2.63. The van der Waals surface area contributed by atoms with Gasteiger partial charge in [-0.05, 0) is 59.9 Å². The number of rotatable bonds is 0. The Hall–Kier alpha value is -0.770. The Morgan fingerprint density at radius 3 is 2.74 bits per heavy atom. The highest BCUT2D eigenvalue weighted by atomic mass is 16.6. The van der Waals surface area contributed by atoms with Gasteiger partial charge in [-0.2, -0.15) is 0 Å². The van der Waals surface area contributed by atoms with Crippen LogP contribution in [0.1, 0.15) is 59.8 Å². The van der Waals surface area contributed by atoms with Crippen LogP contribution >= 0.6 is 0 Å². The Bertz CT molecular complexity index is 338. The molecule has 4 nitrogen and oxygen atoms in total. The maximum atomic E-state index is 12.4. The summed E-state index contributed by atoms with van der Waals surface area (Å²) >= 11 is 0. The van der Waals surface area contributed by atoms with E-state index in [1.54, 1.807) is 0 Å². The largest absolute Gasteiger partial charge is 0.444 e. The zero-order chi connectivity index (χ0) is 14.1. The van der Waals surface area contributed by atoms with Crippen molar-refractivity contribution in [2.75, 3.05) is 13.1 Å². The van der Waals surface area contributed by atoms with Crippen LogP contribution < -0.4 is 5.32 Å². The molecular weight excluding hydrogens is 240 g/mol. The van der Waals surface area contributed by atoms with Crippen LogP contribution in [0.5, 0.6) is 0 Å². The second-order valence-electron chi connectivity index (χ2n) is 7.13. The molecule has 2 aliphatic rings. The predicted molar refractivity (Wildman–Crippen MR) is 76.2 cm³/mol. The van der Waals surface area contributed by atoms with Crippen LogP contribution in [0.4, 0.5) is 4.79 Å². The Morgan fingerprint density at radius 1 is 1.32 bits per heavy atom. The van der Waals surface area contributed by atoms with Crippen LogP contribution in [0.15, 0.2) is 0 Å². The van der Waals surface area contributed by atoms with Gasteiger partial charge in [-0.3, -0.25) is 0 Å². The number of amides is 1. The Balaban J connectivity index is 2.13. The van der Waals surface area contributed by atoms with Gasteiger partial charge in [-0.15, -0.1) is 0 Å². The van der Waals surface area contributed by atoms with Gasteiger partial charge in [0.05, 0.1) is 6.04 Å². The van der Waals surface area contributed by atoms with Crippen LogP contribution in [0, 0.1) is 0 Å². The minimum absolute atomic E-state index is 0.0612. The van der Waals surface area contributed by atoms with Gasteiger partial charge in [0.1, 0.15) is 5.60 Å². The number of likely N-dealkylation sites (tertiary alicyclic amines) is 1. The first-order valence-electron chi connectivity index (χ1n) is 7.56. The molecule has 2 fully saturated rings. The molecule has 2 aliphatic heterocycles. The number of fused-ring (bicyclic) bond motifs is 1. The van der Waals surface area contributed by atoms with Gasteiger partial charge in [-0.25, -0.2) is 4.79 Å². The Morgan fingerprint density at radius 2 is 2.05 bits per heavy atom. The third-order valence-corrected chi connectivity index (χ3v) is 4.27. The summed E-state index contributed by atoms with van der Waals surface area (Å²) in [5.41, 5.74) is -0.352. The summed E-state index contributed by atoms with van der Waals surface area (Å²) < 4.78 is 5.57. The molecule has 0 aromatic rings. The second-order valence-corrected chi connectivity index (χ2v) is 7.13. The molecule has 2 atom stereocenters. The molecule has 2 saturated heterocycles. The molecule has 0 radical (unpaired) electrons. The number of ether oxygens (including phenoxy) is 1. The smallest absolute Gasteiger partial charge is 0.410 e. The van der Waals surface area contributed by atoms with Crippen LogP contribution in [0.2, 0.25) is 0 Å². The summed E-state index contributed by atoms with van der Waals surface area (Å²) in [6.45, 7) is 9.95. The average molecular weight is 268 g/mol. The monoisotopic (exact) mass is 268 g/mol. The van der Waals surface area contributed by atoms with Gasteiger partial charge >= 0.3 is 6.09 Å². The molecule has 0 bridgehead atoms. The van der Waals surface area contributed by atoms with E-state index in [1.165, 1.54) is 12.8 Å². The van der Waals surface area contributed by atoms with Crippen molar-refractivity contribution in [2.24, 2.45) is 0 Å². The van der Waals surface area contributed by atoms with E-state index in [-0.39, 0.29) is 17.7 Å². The Kier molecular flexibility index (Phi) is 4.09. The highest BCUT2D eigenvalue weighted by molar-refractivity contribution is 5.69. The Labute approximate surface area is 116 Å². The SMILES string of the molecule is CC(C)(C)OC(=O)N1CCC[C@]2(C)NCCCCC12. The van der Waals surface area contributed by atoms with E-state index in [1.807, 2.05) is 25.7 Å². The van der Waals surface area contributed by atoms with Crippen LogP contribution in [0.3, 0.4) is 0 Å². The van der Waals surface area contributed by atoms with Gasteiger partial charge in [0.25, 0.3) is 0 Å². The number of nitrogens with one attached hydrogen (secondary N) is 1. The molecule has 2 rings (SSSR count). The fourth-order valence-electron chi connectivity index (χ4n) is 3.34. The summed E-state index contributed by atoms with van der Waals surface area (Å²) in [5, 5.41) is 3.66. The highest BCUT2D eigenvalue weighted by Crippen LogP contribution is 2.33. The lowest BCUT2D eigenvalue weighted by atomic mass is 9.81. The fraction of sp³-hybridized carbons (Fsp3) is 0.933. The maximum Gasteiger partial charge on any atom is 0.410 e. The van der Waals surface area contributed by atoms with E-state index in [0.29, 0.717) is 0 Å². The molecule has 1 unspecified atom stereocenters. The minimum Gasteiger partial charge on any atom is -0.444 e. The molecule has 0 aromatic heterocycles. The molecule has 2 heterocycles. The average Bonchev–Trinajstić information content (AvgIpc) is 2.47. The van der Waals surface area contributed by atoms with E-state index >= 15 is 0 Å². The van der Waals surface area contributed by atoms with Crippen molar-refractivity contribution in [1.82, 2.24) is 10.2 Å². The second kappa shape index (κ2) is 5.31. The molecule has 0 saturated carbocycles. The van der Waals surface area contributed by atoms with E-state index in [2.05, 4.69) is 12.2 Å². The van der Waals surface area contributed by atoms with Gasteiger partial charge < -0.3 is 15.0 Å². The number of hydrogen-bond acceptors (Lipinski definition) is 3. The van der Waals surface area contributed by atoms with E-state index in [9.17, 15) is 4.79 Å². The quantitative estimate of drug-likeness (QED) is 0.734. The van der Waals surface area contributed by atoms with Crippen molar-refractivity contribution in [3.63, 3.8) is 0 Å². The number of nitrogens with zero attached hydrogens (tertiary/aromatic N) is 1. The van der Waals surface area contributed by atoms with Crippen molar-refractivity contribution in [1.29, 1.82) is 0 Å². The summed E-state index contributed by atoms with van der Waals surface area (Å²) in [4.78, 5) is 14.4. The summed E-state index contributed by atoms with van der Waals surface area (Å²) in [5.74, 6) is 0. The fourth-order valence-corrected chi connectivity index (χ4v) is 3.34. The van der Waals surface area contributed by atoms with E-state index < -0.39 is 5.60 Å². The summed E-state index contributed by atoms with van der Waals surface area (Å²) in [6.07, 6.45) is 5.53. The molecule has 0 aliphatic carbocycles. The highest BCUT2D eigenvalue weighted by Gasteiger charge is 2.44. The normalized spacial score (nSPS) is 32.4. The summed E-state index contributed by atoms with van der Waals surface area (Å²) in [7, 11) is 0. The number of carbonyl (C=O) groups is 1. The molecule has 19 heavy (non-hydrogen) atoms. The maximum absolute atomic E-state index is 12.4. The van der Waals surface area contributed by atoms with Gasteiger partial charge in [0.2, 0.25) is 0 Å². The van der Waals surface area contributed by atoms with Crippen molar-refractivity contribution >= 4 is 6.09 Å². The lowest BCUT2D eigenvalue weighted by Gasteiger charge is -2.48. The zero-order valence-electron chi connectivity index (χ0n) is 12.8. The third kappa shape index (κ3) is 3.41. The van der Waals surface area contributed by atoms with Gasteiger partial charge in [0.15, 0.2) is 0 Å². The first-order valence-corrected chi connectivity index (χ1v) is 7.56. The standard InChI is InChI=1S/C15H28N2O2/c1-14(2,3)19-13(18)17-11-7-9-15(4)12(17)8-5-6-10-16-15/h12,16H,5-11H2,1-4H3/t12?,15-/m0/s1. The zero-order valence-corrected chi connectivity index (χ0v) is 12.8. The number of piperidine rings is 1. The van der Waals surface area contributed by atoms with E-state index in [4.69, 9.17) is 4.74 Å². The molecule has 4 heteroatoms. The predicted octanol–water partition coefficient (Wildman–Crippen LogP) is 2.92. The molecular formula is C15H28N2O2. The summed E-state index contributed by atoms with van der Waals surface area (Å²) in [6, 6.07) is 0.276. The van der Waals surface area contributed by atoms with Gasteiger partial charge in [0, 0.05) is 12.1 Å². The van der Waals surface area contributed by atoms with Crippen molar-refractivity contribution in [3.8, 4) is 0 Å². The molecule has 1 amide bonds. The topological polar surface area (TPSA) is 41.6 Å². The van der Waals surface area contributed by atoms with Crippen molar-refractivity contribution < 1.29 is 9.53 Å². The lowest BCUT2D eigenvalue weighted by molar-refractivity contribution is -0.00795. The number of hydrogen-bond donors (Lipinski definition) is 1. The molecule has 0 aromatic carbocycles. The van der Waals surface area contributed by atoms with Crippen LogP contribution in [-0.4, -0.2) is 41.3 Å². The van der Waals surface area contributed by atoms with Crippen LogP contribution in [-0.2, 0) is 4.74 Å². The molecule has 0 spiro atoms. The first-order chi connectivity index (χ1) is 8.82. The minimum atomic E-state index is -0.414. The molecule has 1 N–H and O–H groups in total. The van der Waals surface area contributed by atoms with E-state index in [0.717, 1.165) is 32.4 Å². The van der Waals surface area contributed by atoms with Crippen molar-refractivity contribution in [3.05, 3.63) is 0 Å². The number of carbonyl (C=O) groups excluding carboxylic acids is 1. The third-order valence-electron chi connectivity index (χ3n) is 4.27. The first kappa shape index (κ1) is 14.6. The molecule has 110 valence electrons. The van der Waals surface area contributed by atoms with Crippen LogP contribution in [0.25, 0.3) is 0 Å². The van der Waals surface area contributed by atoms with Crippen molar-refractivity contribution in [2.45, 2.75) is 77.0 Å². The van der Waals surface area contributed by atoms with Gasteiger partial charge in [-0.1, -0.05) is 6.42 Å².